The van der Waals surface area contributed by atoms with Crippen molar-refractivity contribution in [2.75, 3.05) is 37.6 Å². The first-order chi connectivity index (χ1) is 19.3. The molecule has 0 atom stereocenters. The molecule has 2 fully saturated rings. The van der Waals surface area contributed by atoms with E-state index in [1.165, 1.54) is 4.57 Å². The second-order valence-electron chi connectivity index (χ2n) is 12.8. The highest BCUT2D eigenvalue weighted by Crippen LogP contribution is 2.30. The second-order valence-corrected chi connectivity index (χ2v) is 15.0. The van der Waals surface area contributed by atoms with Gasteiger partial charge in [-0.3, -0.25) is 18.8 Å². The first-order valence-corrected chi connectivity index (χ1v) is 16.7. The number of benzene rings is 1. The van der Waals surface area contributed by atoms with Crippen LogP contribution in [0.2, 0.25) is 0 Å². The van der Waals surface area contributed by atoms with Crippen molar-refractivity contribution in [1.29, 1.82) is 0 Å². The molecular formula is C31H48N4O5S. The first kappa shape index (κ1) is 31.3. The van der Waals surface area contributed by atoms with Crippen molar-refractivity contribution >= 4 is 15.7 Å². The van der Waals surface area contributed by atoms with Crippen LogP contribution in [0.3, 0.4) is 0 Å². The lowest BCUT2D eigenvalue weighted by Gasteiger charge is -2.38. The van der Waals surface area contributed by atoms with Gasteiger partial charge in [-0.1, -0.05) is 19.3 Å². The molecule has 0 unspecified atom stereocenters. The number of rotatable bonds is 10. The zero-order chi connectivity index (χ0) is 29.9. The Morgan fingerprint density at radius 3 is 2.02 bits per heavy atom. The molecule has 10 heteroatoms. The number of hydrogen-bond acceptors (Lipinski definition) is 7. The summed E-state index contributed by atoms with van der Waals surface area (Å²) in [7, 11) is -3.29. The van der Waals surface area contributed by atoms with Crippen LogP contribution in [0.5, 0.6) is 5.75 Å². The molecule has 0 spiro atoms. The molecule has 1 saturated heterocycles. The van der Waals surface area contributed by atoms with Gasteiger partial charge in [0.15, 0.2) is 9.84 Å². The van der Waals surface area contributed by atoms with Gasteiger partial charge in [-0.25, -0.2) is 13.2 Å². The van der Waals surface area contributed by atoms with Crippen LogP contribution in [-0.4, -0.2) is 66.0 Å². The zero-order valence-electron chi connectivity index (χ0n) is 25.6. The fraction of sp³-hybridized carbons (Fsp3) is 0.677. The van der Waals surface area contributed by atoms with Crippen LogP contribution < -0.4 is 20.9 Å². The summed E-state index contributed by atoms with van der Waals surface area (Å²) in [6.07, 6.45) is 5.40. The van der Waals surface area contributed by atoms with Crippen molar-refractivity contribution in [3.63, 3.8) is 0 Å². The molecule has 1 aromatic carbocycles. The molecule has 0 radical (unpaired) electrons. The molecule has 2 aromatic rings. The fourth-order valence-electron chi connectivity index (χ4n) is 6.03. The smallest absolute Gasteiger partial charge is 0.333 e. The summed E-state index contributed by atoms with van der Waals surface area (Å²) < 4.78 is 35.4. The molecule has 41 heavy (non-hydrogen) atoms. The van der Waals surface area contributed by atoms with Crippen molar-refractivity contribution < 1.29 is 13.2 Å². The lowest BCUT2D eigenvalue weighted by atomic mass is 10.0. The second kappa shape index (κ2) is 12.7. The summed E-state index contributed by atoms with van der Waals surface area (Å²) in [6, 6.07) is 8.29. The largest absolute Gasteiger partial charge is 0.488 e. The maximum atomic E-state index is 13.1. The number of ether oxygens (including phenoxy) is 1. The van der Waals surface area contributed by atoms with Crippen LogP contribution in [0.25, 0.3) is 0 Å². The molecular weight excluding hydrogens is 540 g/mol. The maximum Gasteiger partial charge on any atom is 0.333 e. The van der Waals surface area contributed by atoms with Crippen molar-refractivity contribution in [2.45, 2.75) is 108 Å². The standard InChI is InChI=1S/C31H48N4O5S/c1-23(2)34-28(22-29(36)35(24(3)4)30(34)37)33-20-18-32(19-21-33)17-16-31(5,6)40-25-12-14-27(15-13-25)41(38,39)26-10-8-7-9-11-26/h12-15,22-24,26H,7-11,16-21H2,1-6H3. The van der Waals surface area contributed by atoms with Gasteiger partial charge in [-0.2, -0.15) is 0 Å². The average Bonchev–Trinajstić information content (AvgIpc) is 2.92. The van der Waals surface area contributed by atoms with Gasteiger partial charge in [-0.05, 0) is 85.1 Å². The van der Waals surface area contributed by atoms with E-state index in [0.717, 1.165) is 71.2 Å². The van der Waals surface area contributed by atoms with Gasteiger partial charge in [0, 0.05) is 50.9 Å². The van der Waals surface area contributed by atoms with Crippen LogP contribution >= 0.6 is 0 Å². The third kappa shape index (κ3) is 7.25. The molecule has 1 aromatic heterocycles. The molecule has 1 saturated carbocycles. The van der Waals surface area contributed by atoms with Gasteiger partial charge < -0.3 is 9.64 Å². The molecule has 0 amide bonds. The molecule has 0 N–H and O–H groups in total. The third-order valence-corrected chi connectivity index (χ3v) is 10.7. The molecule has 1 aliphatic heterocycles. The highest BCUT2D eigenvalue weighted by molar-refractivity contribution is 7.92. The van der Waals surface area contributed by atoms with Crippen molar-refractivity contribution in [3.05, 3.63) is 51.2 Å². The normalized spacial score (nSPS) is 17.9. The topological polar surface area (TPSA) is 93.8 Å². The molecule has 1 aliphatic carbocycles. The summed E-state index contributed by atoms with van der Waals surface area (Å²) in [5.74, 6) is 1.37. The van der Waals surface area contributed by atoms with Crippen LogP contribution in [-0.2, 0) is 9.84 Å². The zero-order valence-corrected chi connectivity index (χ0v) is 26.5. The third-order valence-electron chi connectivity index (χ3n) is 8.45. The number of hydrogen-bond donors (Lipinski definition) is 0. The Balaban J connectivity index is 1.33. The summed E-state index contributed by atoms with van der Waals surface area (Å²) in [5, 5.41) is -0.265. The van der Waals surface area contributed by atoms with E-state index >= 15 is 0 Å². The van der Waals surface area contributed by atoms with E-state index in [2.05, 4.69) is 23.6 Å². The van der Waals surface area contributed by atoms with Crippen LogP contribution in [0.1, 0.15) is 92.2 Å². The Kier molecular flexibility index (Phi) is 9.74. The minimum atomic E-state index is -3.29. The Morgan fingerprint density at radius 2 is 1.46 bits per heavy atom. The van der Waals surface area contributed by atoms with E-state index in [1.54, 1.807) is 34.9 Å². The predicted octanol–water partition coefficient (Wildman–Crippen LogP) is 4.65. The SMILES string of the molecule is CC(C)n1c(N2CCN(CCC(C)(C)Oc3ccc(S(=O)(=O)C4CCCCC4)cc3)CC2)cc(=O)n(C(C)C)c1=O. The number of nitrogens with zero attached hydrogens (tertiary/aromatic N) is 4. The van der Waals surface area contributed by atoms with Crippen molar-refractivity contribution in [1.82, 2.24) is 14.0 Å². The van der Waals surface area contributed by atoms with Crippen molar-refractivity contribution in [2.24, 2.45) is 0 Å². The van der Waals surface area contributed by atoms with Crippen LogP contribution in [0, 0.1) is 0 Å². The number of aromatic nitrogens is 2. The molecule has 9 nitrogen and oxygen atoms in total. The van der Waals surface area contributed by atoms with E-state index in [9.17, 15) is 18.0 Å². The summed E-state index contributed by atoms with van der Waals surface area (Å²) >= 11 is 0. The monoisotopic (exact) mass is 588 g/mol. The summed E-state index contributed by atoms with van der Waals surface area (Å²) in [4.78, 5) is 30.8. The number of sulfone groups is 1. The van der Waals surface area contributed by atoms with E-state index in [4.69, 9.17) is 4.74 Å². The molecule has 2 aliphatic rings. The van der Waals surface area contributed by atoms with Gasteiger partial charge in [0.1, 0.15) is 17.2 Å². The Morgan fingerprint density at radius 1 is 0.878 bits per heavy atom. The molecule has 0 bridgehead atoms. The molecule has 228 valence electrons. The van der Waals surface area contributed by atoms with Gasteiger partial charge in [0.25, 0.3) is 5.56 Å². The average molecular weight is 589 g/mol. The van der Waals surface area contributed by atoms with Gasteiger partial charge in [-0.15, -0.1) is 0 Å². The molecule has 4 rings (SSSR count). The Hall–Kier alpha value is -2.59. The minimum Gasteiger partial charge on any atom is -0.488 e. The maximum absolute atomic E-state index is 13.1. The summed E-state index contributed by atoms with van der Waals surface area (Å²) in [6.45, 7) is 15.7. The highest BCUT2D eigenvalue weighted by Gasteiger charge is 2.30. The van der Waals surface area contributed by atoms with Gasteiger partial charge in [0.05, 0.1) is 10.1 Å². The number of piperazine rings is 1. The van der Waals surface area contributed by atoms with Crippen molar-refractivity contribution in [3.8, 4) is 5.75 Å². The predicted molar refractivity (Wildman–Crippen MR) is 164 cm³/mol. The minimum absolute atomic E-state index is 0.0551. The summed E-state index contributed by atoms with van der Waals surface area (Å²) in [5.41, 5.74) is -0.934. The highest BCUT2D eigenvalue weighted by atomic mass is 32.2. The number of anilines is 1. The van der Waals surface area contributed by atoms with Crippen LogP contribution in [0.4, 0.5) is 5.82 Å². The Bertz CT molecular complexity index is 1400. The van der Waals surface area contributed by atoms with Gasteiger partial charge in [0.2, 0.25) is 0 Å². The van der Waals surface area contributed by atoms with E-state index < -0.39 is 15.4 Å². The quantitative estimate of drug-likeness (QED) is 0.399. The van der Waals surface area contributed by atoms with E-state index in [0.29, 0.717) is 16.5 Å². The lowest BCUT2D eigenvalue weighted by molar-refractivity contribution is 0.0820. The Labute approximate surface area is 245 Å². The van der Waals surface area contributed by atoms with Crippen LogP contribution in [0.15, 0.2) is 44.8 Å². The van der Waals surface area contributed by atoms with E-state index in [-0.39, 0.29) is 28.6 Å². The van der Waals surface area contributed by atoms with E-state index in [1.807, 2.05) is 27.7 Å². The van der Waals surface area contributed by atoms with Gasteiger partial charge >= 0.3 is 5.69 Å². The first-order valence-electron chi connectivity index (χ1n) is 15.2. The molecule has 2 heterocycles. The lowest BCUT2D eigenvalue weighted by Crippen LogP contribution is -2.51. The fourth-order valence-corrected chi connectivity index (χ4v) is 7.88.